The van der Waals surface area contributed by atoms with E-state index in [4.69, 9.17) is 0 Å². The minimum atomic E-state index is 0.0730. The van der Waals surface area contributed by atoms with Crippen molar-refractivity contribution < 1.29 is 0 Å². The molecule has 3 rings (SSSR count). The molecule has 0 saturated heterocycles. The van der Waals surface area contributed by atoms with Crippen molar-refractivity contribution in [3.05, 3.63) is 104 Å². The highest BCUT2D eigenvalue weighted by Gasteiger charge is 2.23. The van der Waals surface area contributed by atoms with E-state index in [-0.39, 0.29) is 21.7 Å². The van der Waals surface area contributed by atoms with Crippen molar-refractivity contribution in [1.29, 1.82) is 0 Å². The normalized spacial score (nSPS) is 14.0. The van der Waals surface area contributed by atoms with Gasteiger partial charge in [0.25, 0.3) is 0 Å². The van der Waals surface area contributed by atoms with Crippen LogP contribution in [-0.4, -0.2) is 0 Å². The predicted octanol–water partition coefficient (Wildman–Crippen LogP) is 13.1. The molecule has 3 aromatic rings. The van der Waals surface area contributed by atoms with Gasteiger partial charge in [-0.2, -0.15) is 0 Å². The van der Waals surface area contributed by atoms with E-state index in [0.717, 1.165) is 12.8 Å². The summed E-state index contributed by atoms with van der Waals surface area (Å²) < 4.78 is 1.28. The van der Waals surface area contributed by atoms with Crippen molar-refractivity contribution in [1.82, 2.24) is 0 Å². The Morgan fingerprint density at radius 2 is 1.17 bits per heavy atom. The predicted molar refractivity (Wildman–Crippen MR) is 197 cm³/mol. The molecule has 0 radical (unpaired) electrons. The van der Waals surface area contributed by atoms with Crippen LogP contribution >= 0.6 is 22.6 Å². The van der Waals surface area contributed by atoms with Crippen LogP contribution in [0.25, 0.3) is 22.3 Å². The highest BCUT2D eigenvalue weighted by molar-refractivity contribution is 14.1. The molecule has 0 N–H and O–H groups in total. The van der Waals surface area contributed by atoms with Gasteiger partial charge in [-0.1, -0.05) is 156 Å². The molecule has 0 atom stereocenters. The first kappa shape index (κ1) is 34.4. The second-order valence-corrected chi connectivity index (χ2v) is 17.2. The standard InChI is InChI=1S/C41H55I/c1-14-32(38(2,3)4)26-33(39(5,6)7)20-19-28-21-29(23-31(22-28)36-17-15-16-18-37(36)42)30-24-34(40(8,9)10)27-35(25-30)41(11,12)13/h15-18,20-27H,14,19H2,1-13H3/b32-26+,33-20+. The Bertz CT molecular complexity index is 1420. The highest BCUT2D eigenvalue weighted by atomic mass is 127. The SMILES string of the molecule is CC/C(=C\C(=C/Cc1cc(-c2cc(C(C)(C)C)cc(C(C)(C)C)c2)cc(-c2ccccc2I)c1)C(C)(C)C)C(C)(C)C. The molecule has 0 amide bonds. The van der Waals surface area contributed by atoms with Gasteiger partial charge in [-0.3, -0.25) is 0 Å². The Balaban J connectivity index is 2.27. The fourth-order valence-electron chi connectivity index (χ4n) is 5.33. The van der Waals surface area contributed by atoms with E-state index in [1.54, 1.807) is 0 Å². The maximum absolute atomic E-state index is 2.48. The van der Waals surface area contributed by atoms with E-state index < -0.39 is 0 Å². The van der Waals surface area contributed by atoms with Crippen LogP contribution in [0.1, 0.15) is 113 Å². The Morgan fingerprint density at radius 3 is 1.64 bits per heavy atom. The summed E-state index contributed by atoms with van der Waals surface area (Å²) in [6.07, 6.45) is 6.93. The third-order valence-electron chi connectivity index (χ3n) is 8.27. The zero-order chi connectivity index (χ0) is 31.7. The first-order valence-electron chi connectivity index (χ1n) is 15.7. The van der Waals surface area contributed by atoms with Crippen molar-refractivity contribution in [2.75, 3.05) is 0 Å². The Labute approximate surface area is 272 Å². The first-order chi connectivity index (χ1) is 19.2. The molecule has 0 aliphatic carbocycles. The zero-order valence-electron chi connectivity index (χ0n) is 28.7. The Morgan fingerprint density at radius 1 is 0.643 bits per heavy atom. The summed E-state index contributed by atoms with van der Waals surface area (Å²) in [5, 5.41) is 0. The van der Waals surface area contributed by atoms with E-state index >= 15 is 0 Å². The Kier molecular flexibility index (Phi) is 10.5. The van der Waals surface area contributed by atoms with Crippen molar-refractivity contribution in [3.63, 3.8) is 0 Å². The third kappa shape index (κ3) is 8.94. The summed E-state index contributed by atoms with van der Waals surface area (Å²) in [4.78, 5) is 0. The maximum Gasteiger partial charge on any atom is 0.0208 e. The molecule has 0 bridgehead atoms. The summed E-state index contributed by atoms with van der Waals surface area (Å²) in [5.74, 6) is 0. The fraction of sp³-hybridized carbons (Fsp3) is 0.463. The molecule has 0 unspecified atom stereocenters. The van der Waals surface area contributed by atoms with Gasteiger partial charge in [0, 0.05) is 3.57 Å². The maximum atomic E-state index is 2.48. The van der Waals surface area contributed by atoms with Gasteiger partial charge < -0.3 is 0 Å². The van der Waals surface area contributed by atoms with Gasteiger partial charge in [0.1, 0.15) is 0 Å². The molecule has 0 aliphatic heterocycles. The Hall–Kier alpha value is -2.13. The summed E-state index contributed by atoms with van der Waals surface area (Å²) >= 11 is 2.48. The number of hydrogen-bond acceptors (Lipinski definition) is 0. The highest BCUT2D eigenvalue weighted by Crippen LogP contribution is 2.38. The second kappa shape index (κ2) is 12.8. The van der Waals surface area contributed by atoms with Crippen LogP contribution in [0.5, 0.6) is 0 Å². The molecule has 42 heavy (non-hydrogen) atoms. The third-order valence-corrected chi connectivity index (χ3v) is 9.21. The molecule has 1 heteroatoms. The average Bonchev–Trinajstić information content (AvgIpc) is 2.86. The molecule has 0 aliphatic rings. The number of rotatable bonds is 6. The number of hydrogen-bond donors (Lipinski definition) is 0. The molecular formula is C41H55I. The lowest BCUT2D eigenvalue weighted by atomic mass is 9.78. The lowest BCUT2D eigenvalue weighted by Gasteiger charge is -2.27. The van der Waals surface area contributed by atoms with Gasteiger partial charge in [0.05, 0.1) is 0 Å². The summed E-state index contributed by atoms with van der Waals surface area (Å²) in [6.45, 7) is 30.2. The second-order valence-electron chi connectivity index (χ2n) is 16.1. The monoisotopic (exact) mass is 674 g/mol. The number of benzene rings is 3. The lowest BCUT2D eigenvalue weighted by molar-refractivity contribution is 0.477. The number of halogens is 1. The van der Waals surface area contributed by atoms with Gasteiger partial charge in [0.15, 0.2) is 0 Å². The number of allylic oxidation sites excluding steroid dienone is 4. The molecule has 0 heterocycles. The van der Waals surface area contributed by atoms with Gasteiger partial charge in [-0.15, -0.1) is 0 Å². The van der Waals surface area contributed by atoms with E-state index in [1.165, 1.54) is 53.7 Å². The van der Waals surface area contributed by atoms with Crippen LogP contribution in [0.3, 0.4) is 0 Å². The lowest BCUT2D eigenvalue weighted by Crippen LogP contribution is -2.16. The minimum absolute atomic E-state index is 0.0730. The summed E-state index contributed by atoms with van der Waals surface area (Å²) in [7, 11) is 0. The van der Waals surface area contributed by atoms with E-state index in [2.05, 4.69) is 185 Å². The summed E-state index contributed by atoms with van der Waals surface area (Å²) in [5.41, 5.74) is 12.6. The van der Waals surface area contributed by atoms with Crippen molar-refractivity contribution in [2.24, 2.45) is 10.8 Å². The molecule has 3 aromatic carbocycles. The van der Waals surface area contributed by atoms with Crippen LogP contribution in [-0.2, 0) is 17.3 Å². The van der Waals surface area contributed by atoms with Crippen molar-refractivity contribution in [3.8, 4) is 22.3 Å². The van der Waals surface area contributed by atoms with Gasteiger partial charge >= 0.3 is 0 Å². The quantitative estimate of drug-likeness (QED) is 0.180. The van der Waals surface area contributed by atoms with E-state index in [0.29, 0.717) is 0 Å². The van der Waals surface area contributed by atoms with E-state index in [9.17, 15) is 0 Å². The van der Waals surface area contributed by atoms with Crippen molar-refractivity contribution >= 4 is 22.6 Å². The van der Waals surface area contributed by atoms with Crippen LogP contribution in [0, 0.1) is 14.4 Å². The fourth-order valence-corrected chi connectivity index (χ4v) is 6.03. The molecule has 0 aromatic heterocycles. The largest absolute Gasteiger partial charge is 0.0764 e. The zero-order valence-corrected chi connectivity index (χ0v) is 30.9. The molecule has 0 nitrogen and oxygen atoms in total. The van der Waals surface area contributed by atoms with Crippen LogP contribution in [0.4, 0.5) is 0 Å². The van der Waals surface area contributed by atoms with Crippen molar-refractivity contribution in [2.45, 2.75) is 114 Å². The average molecular weight is 675 g/mol. The molecular weight excluding hydrogens is 619 g/mol. The van der Waals surface area contributed by atoms with Gasteiger partial charge in [-0.05, 0) is 114 Å². The molecule has 0 spiro atoms. The minimum Gasteiger partial charge on any atom is -0.0764 e. The van der Waals surface area contributed by atoms with Crippen LogP contribution < -0.4 is 0 Å². The van der Waals surface area contributed by atoms with Gasteiger partial charge in [-0.25, -0.2) is 0 Å². The van der Waals surface area contributed by atoms with Crippen LogP contribution in [0.2, 0.25) is 0 Å². The topological polar surface area (TPSA) is 0 Å². The van der Waals surface area contributed by atoms with Gasteiger partial charge in [0.2, 0.25) is 0 Å². The molecule has 226 valence electrons. The van der Waals surface area contributed by atoms with E-state index in [1.807, 2.05) is 0 Å². The first-order valence-corrected chi connectivity index (χ1v) is 16.7. The summed E-state index contributed by atoms with van der Waals surface area (Å²) in [6, 6.07) is 23.2. The van der Waals surface area contributed by atoms with Crippen LogP contribution in [0.15, 0.2) is 84.0 Å². The molecule has 0 saturated carbocycles. The smallest absolute Gasteiger partial charge is 0.0208 e. The molecule has 0 fully saturated rings.